The van der Waals surface area contributed by atoms with Gasteiger partial charge in [0.05, 0.1) is 38.6 Å². The van der Waals surface area contributed by atoms with Crippen LogP contribution in [0.5, 0.6) is 0 Å². The van der Waals surface area contributed by atoms with Crippen LogP contribution in [0, 0.1) is 0 Å². The Bertz CT molecular complexity index is 357. The molecule has 98 valence electrons. The van der Waals surface area contributed by atoms with Crippen molar-refractivity contribution < 1.29 is 0 Å². The van der Waals surface area contributed by atoms with Crippen LogP contribution in [0.1, 0.15) is 0 Å². The van der Waals surface area contributed by atoms with E-state index >= 15 is 0 Å². The molecule has 0 amide bonds. The summed E-state index contributed by atoms with van der Waals surface area (Å²) in [6, 6.07) is 0. The van der Waals surface area contributed by atoms with Crippen molar-refractivity contribution >= 4 is 24.1 Å². The van der Waals surface area contributed by atoms with Gasteiger partial charge in [0.2, 0.25) is 0 Å². The summed E-state index contributed by atoms with van der Waals surface area (Å²) in [6.07, 6.45) is 3.67. The minimum atomic E-state index is 0.695. The van der Waals surface area contributed by atoms with E-state index in [1.807, 2.05) is 26.5 Å². The fourth-order valence-corrected chi connectivity index (χ4v) is 1.79. The highest BCUT2D eigenvalue weighted by molar-refractivity contribution is 6.30. The van der Waals surface area contributed by atoms with Gasteiger partial charge in [-0.1, -0.05) is 0 Å². The molecule has 0 aromatic carbocycles. The maximum atomic E-state index is 4.34. The molecular weight excluding hydrogens is 228 g/mol. The largest absolute Gasteiger partial charge is 0.357 e. The van der Waals surface area contributed by atoms with Crippen molar-refractivity contribution in [2.24, 2.45) is 20.0 Å². The highest BCUT2D eigenvalue weighted by Crippen LogP contribution is 1.96. The van der Waals surface area contributed by atoms with Gasteiger partial charge in [0.25, 0.3) is 0 Å². The van der Waals surface area contributed by atoms with Crippen LogP contribution in [-0.4, -0.2) is 87.3 Å². The molecule has 0 aromatic heterocycles. The zero-order valence-electron chi connectivity index (χ0n) is 11.1. The summed E-state index contributed by atoms with van der Waals surface area (Å²) in [5.74, 6) is 1.94. The highest BCUT2D eigenvalue weighted by atomic mass is 15.2. The zero-order chi connectivity index (χ0) is 12.8. The number of amidine groups is 2. The molecule has 0 aliphatic carbocycles. The predicted molar refractivity (Wildman–Crippen MR) is 76.6 cm³/mol. The van der Waals surface area contributed by atoms with Crippen LogP contribution in [0.4, 0.5) is 0 Å². The zero-order valence-corrected chi connectivity index (χ0v) is 11.1. The third-order valence-electron chi connectivity index (χ3n) is 2.97. The first-order chi connectivity index (χ1) is 8.77. The summed E-state index contributed by atoms with van der Waals surface area (Å²) in [7, 11) is 4.06. The molecule has 0 saturated heterocycles. The van der Waals surface area contributed by atoms with Gasteiger partial charge in [-0.05, 0) is 0 Å². The SMILES string of the molecule is CN1CCN=C1C=NCCN=CC1=NCCN1C. The molecular formula is C12H20N6. The second-order valence-corrected chi connectivity index (χ2v) is 4.39. The molecule has 0 radical (unpaired) electrons. The molecule has 0 fully saturated rings. The second kappa shape index (κ2) is 6.28. The molecule has 0 bridgehead atoms. The molecule has 0 unspecified atom stereocenters. The molecule has 2 aliphatic heterocycles. The molecule has 0 atom stereocenters. The van der Waals surface area contributed by atoms with E-state index in [0.717, 1.165) is 37.9 Å². The number of likely N-dealkylation sites (N-methyl/N-ethyl adjacent to an activating group) is 2. The standard InChI is InChI=1S/C12H20N6/c1-17-7-5-15-11(17)9-13-3-4-14-10-12-16-6-8-18(12)2/h9-10H,3-8H2,1-2H3. The first-order valence-electron chi connectivity index (χ1n) is 6.28. The molecule has 2 heterocycles. The average molecular weight is 248 g/mol. The number of hydrogen-bond donors (Lipinski definition) is 0. The second-order valence-electron chi connectivity index (χ2n) is 4.39. The summed E-state index contributed by atoms with van der Waals surface area (Å²) in [5.41, 5.74) is 0. The lowest BCUT2D eigenvalue weighted by atomic mass is 10.5. The van der Waals surface area contributed by atoms with Gasteiger partial charge < -0.3 is 9.80 Å². The van der Waals surface area contributed by atoms with Crippen molar-refractivity contribution in [3.05, 3.63) is 0 Å². The minimum Gasteiger partial charge on any atom is -0.357 e. The third kappa shape index (κ3) is 3.38. The minimum absolute atomic E-state index is 0.695. The van der Waals surface area contributed by atoms with E-state index in [2.05, 4.69) is 29.8 Å². The number of nitrogens with zero attached hydrogens (tertiary/aromatic N) is 6. The van der Waals surface area contributed by atoms with Gasteiger partial charge in [0.15, 0.2) is 0 Å². The van der Waals surface area contributed by atoms with Gasteiger partial charge in [-0.3, -0.25) is 20.0 Å². The maximum Gasteiger partial charge on any atom is 0.141 e. The molecule has 2 aliphatic rings. The van der Waals surface area contributed by atoms with Crippen LogP contribution < -0.4 is 0 Å². The van der Waals surface area contributed by atoms with Gasteiger partial charge in [-0.2, -0.15) is 0 Å². The van der Waals surface area contributed by atoms with E-state index < -0.39 is 0 Å². The topological polar surface area (TPSA) is 55.9 Å². The predicted octanol–water partition coefficient (Wildman–Crippen LogP) is -0.184. The van der Waals surface area contributed by atoms with Gasteiger partial charge in [0, 0.05) is 27.2 Å². The summed E-state index contributed by atoms with van der Waals surface area (Å²) < 4.78 is 0. The number of hydrogen-bond acceptors (Lipinski definition) is 6. The van der Waals surface area contributed by atoms with Gasteiger partial charge >= 0.3 is 0 Å². The van der Waals surface area contributed by atoms with Crippen molar-refractivity contribution in [1.82, 2.24) is 9.80 Å². The van der Waals surface area contributed by atoms with E-state index in [1.54, 1.807) is 0 Å². The Hall–Kier alpha value is -1.72. The summed E-state index contributed by atoms with van der Waals surface area (Å²) in [6.45, 7) is 5.13. The average Bonchev–Trinajstić information content (AvgIpc) is 2.94. The first-order valence-corrected chi connectivity index (χ1v) is 6.28. The quantitative estimate of drug-likeness (QED) is 0.500. The Balaban J connectivity index is 1.67. The summed E-state index contributed by atoms with van der Waals surface area (Å²) in [5, 5.41) is 0. The van der Waals surface area contributed by atoms with Crippen LogP contribution >= 0.6 is 0 Å². The molecule has 2 rings (SSSR count). The van der Waals surface area contributed by atoms with E-state index in [1.165, 1.54) is 0 Å². The summed E-state index contributed by atoms with van der Waals surface area (Å²) in [4.78, 5) is 21.5. The van der Waals surface area contributed by atoms with Crippen LogP contribution in [0.2, 0.25) is 0 Å². The number of aliphatic imine (C=N–C) groups is 4. The highest BCUT2D eigenvalue weighted by Gasteiger charge is 2.09. The van der Waals surface area contributed by atoms with Gasteiger partial charge in [-0.25, -0.2) is 0 Å². The fraction of sp³-hybridized carbons (Fsp3) is 0.667. The third-order valence-corrected chi connectivity index (χ3v) is 2.97. The smallest absolute Gasteiger partial charge is 0.141 e. The van der Waals surface area contributed by atoms with Crippen LogP contribution in [0.15, 0.2) is 20.0 Å². The lowest BCUT2D eigenvalue weighted by molar-refractivity contribution is 0.562. The Morgan fingerprint density at radius 2 is 1.39 bits per heavy atom. The van der Waals surface area contributed by atoms with Crippen molar-refractivity contribution in [1.29, 1.82) is 0 Å². The van der Waals surface area contributed by atoms with E-state index in [0.29, 0.717) is 13.1 Å². The molecule has 6 heteroatoms. The van der Waals surface area contributed by atoms with Crippen molar-refractivity contribution in [2.45, 2.75) is 0 Å². The van der Waals surface area contributed by atoms with E-state index in [9.17, 15) is 0 Å². The Labute approximate surface area is 108 Å². The van der Waals surface area contributed by atoms with Crippen LogP contribution in [0.25, 0.3) is 0 Å². The van der Waals surface area contributed by atoms with E-state index in [4.69, 9.17) is 0 Å². The van der Waals surface area contributed by atoms with Crippen LogP contribution in [0.3, 0.4) is 0 Å². The normalized spacial score (nSPS) is 20.3. The van der Waals surface area contributed by atoms with Crippen molar-refractivity contribution in [3.63, 3.8) is 0 Å². The lowest BCUT2D eigenvalue weighted by Gasteiger charge is -2.09. The molecule has 0 saturated carbocycles. The van der Waals surface area contributed by atoms with Gasteiger partial charge in [0.1, 0.15) is 11.7 Å². The Morgan fingerprint density at radius 3 is 1.72 bits per heavy atom. The van der Waals surface area contributed by atoms with Crippen molar-refractivity contribution in [2.75, 3.05) is 53.4 Å². The number of rotatable bonds is 5. The molecule has 0 spiro atoms. The van der Waals surface area contributed by atoms with Crippen molar-refractivity contribution in [3.8, 4) is 0 Å². The fourth-order valence-electron chi connectivity index (χ4n) is 1.79. The molecule has 0 N–H and O–H groups in total. The first kappa shape index (κ1) is 12.7. The summed E-state index contributed by atoms with van der Waals surface area (Å²) >= 11 is 0. The van der Waals surface area contributed by atoms with E-state index in [-0.39, 0.29) is 0 Å². The van der Waals surface area contributed by atoms with Gasteiger partial charge in [-0.15, -0.1) is 0 Å². The van der Waals surface area contributed by atoms with Crippen LogP contribution in [-0.2, 0) is 0 Å². The Kier molecular flexibility index (Phi) is 4.44. The molecule has 18 heavy (non-hydrogen) atoms. The lowest BCUT2D eigenvalue weighted by Crippen LogP contribution is -2.24. The Morgan fingerprint density at radius 1 is 0.944 bits per heavy atom. The molecule has 6 nitrogen and oxygen atoms in total. The maximum absolute atomic E-state index is 4.34. The monoisotopic (exact) mass is 248 g/mol. The molecule has 0 aromatic rings.